The maximum atomic E-state index is 10.3. The molecule has 1 rings (SSSR count). The van der Waals surface area contributed by atoms with Crippen molar-refractivity contribution in [2.45, 2.75) is 33.6 Å². The van der Waals surface area contributed by atoms with E-state index in [9.17, 15) is 9.59 Å². The molecule has 0 aromatic rings. The highest BCUT2D eigenvalue weighted by molar-refractivity contribution is 5.38. The van der Waals surface area contributed by atoms with E-state index in [-0.39, 0.29) is 10.8 Å². The fraction of sp³-hybridized carbons (Fsp3) is 0.667. The van der Waals surface area contributed by atoms with E-state index in [0.717, 1.165) is 18.5 Å². The van der Waals surface area contributed by atoms with Crippen LogP contribution in [0.4, 0.5) is 0 Å². The molecule has 0 saturated heterocycles. The van der Waals surface area contributed by atoms with E-state index < -0.39 is 0 Å². The molecule has 0 heterocycles. The molecule has 4 nitrogen and oxygen atoms in total. The number of hydrogen-bond donors (Lipinski definition) is 0. The molecule has 0 bridgehead atoms. The lowest BCUT2D eigenvalue weighted by molar-refractivity contribution is 0.204. The van der Waals surface area contributed by atoms with Gasteiger partial charge in [0.25, 0.3) is 0 Å². The van der Waals surface area contributed by atoms with Crippen LogP contribution in [-0.4, -0.2) is 18.7 Å². The molecule has 0 radical (unpaired) electrons. The van der Waals surface area contributed by atoms with Gasteiger partial charge in [-0.3, -0.25) is 0 Å². The molecule has 0 N–H and O–H groups in total. The summed E-state index contributed by atoms with van der Waals surface area (Å²) >= 11 is 0. The predicted molar refractivity (Wildman–Crippen MR) is 60.3 cm³/mol. The summed E-state index contributed by atoms with van der Waals surface area (Å²) in [5.41, 5.74) is 0.557. The van der Waals surface area contributed by atoms with Crippen LogP contribution in [0.15, 0.2) is 21.8 Å². The van der Waals surface area contributed by atoms with Gasteiger partial charge in [0.2, 0.25) is 12.2 Å². The fourth-order valence-corrected chi connectivity index (χ4v) is 2.60. The lowest BCUT2D eigenvalue weighted by atomic mass is 9.67. The van der Waals surface area contributed by atoms with Gasteiger partial charge in [-0.1, -0.05) is 26.8 Å². The average molecular weight is 220 g/mol. The Bertz CT molecular complexity index is 399. The van der Waals surface area contributed by atoms with Crippen LogP contribution in [0.3, 0.4) is 0 Å². The standard InChI is InChI=1S/C12H16N2O2/c1-11(2)4-10(14-9-16)5-12(3,6-11)7-13-8-15/h5H,4,6-7H2,1-3H3. The normalized spacial score (nSPS) is 27.3. The molecule has 1 unspecified atom stereocenters. The highest BCUT2D eigenvalue weighted by Gasteiger charge is 2.36. The first-order chi connectivity index (χ1) is 7.41. The SMILES string of the molecule is CC1(C)CC(N=C=O)=CC(C)(CN=C=O)C1. The van der Waals surface area contributed by atoms with E-state index in [1.54, 1.807) is 12.2 Å². The van der Waals surface area contributed by atoms with Crippen LogP contribution < -0.4 is 0 Å². The Balaban J connectivity index is 3.04. The molecule has 86 valence electrons. The van der Waals surface area contributed by atoms with E-state index in [0.29, 0.717) is 6.54 Å². The smallest absolute Gasteiger partial charge is 0.211 e. The Morgan fingerprint density at radius 1 is 1.31 bits per heavy atom. The van der Waals surface area contributed by atoms with Crippen LogP contribution in [0.2, 0.25) is 0 Å². The summed E-state index contributed by atoms with van der Waals surface area (Å²) in [6.07, 6.45) is 6.70. The van der Waals surface area contributed by atoms with Crippen molar-refractivity contribution in [1.29, 1.82) is 0 Å². The summed E-state index contributed by atoms with van der Waals surface area (Å²) in [5, 5.41) is 0. The minimum atomic E-state index is -0.227. The molecule has 0 aliphatic heterocycles. The molecular formula is C12H16N2O2. The lowest BCUT2D eigenvalue weighted by Gasteiger charge is -2.39. The van der Waals surface area contributed by atoms with Crippen LogP contribution in [-0.2, 0) is 9.59 Å². The first-order valence-corrected chi connectivity index (χ1v) is 5.24. The highest BCUT2D eigenvalue weighted by atomic mass is 16.1. The topological polar surface area (TPSA) is 58.9 Å². The summed E-state index contributed by atoms with van der Waals surface area (Å²) < 4.78 is 0. The van der Waals surface area contributed by atoms with Crippen LogP contribution in [0.25, 0.3) is 0 Å². The van der Waals surface area contributed by atoms with E-state index in [2.05, 4.69) is 23.8 Å². The van der Waals surface area contributed by atoms with Crippen molar-refractivity contribution < 1.29 is 9.59 Å². The zero-order valence-electron chi connectivity index (χ0n) is 9.91. The number of aliphatic imine (C=N–C) groups is 2. The number of allylic oxidation sites excluding steroid dienone is 1. The van der Waals surface area contributed by atoms with Gasteiger partial charge in [0.1, 0.15) is 0 Å². The van der Waals surface area contributed by atoms with Gasteiger partial charge in [0, 0.05) is 5.41 Å². The molecular weight excluding hydrogens is 204 g/mol. The Labute approximate surface area is 95.2 Å². The third kappa shape index (κ3) is 3.27. The Morgan fingerprint density at radius 3 is 2.56 bits per heavy atom. The molecule has 1 atom stereocenters. The first kappa shape index (κ1) is 12.6. The van der Waals surface area contributed by atoms with Crippen molar-refractivity contribution in [3.05, 3.63) is 11.8 Å². The van der Waals surface area contributed by atoms with Gasteiger partial charge in [-0.15, -0.1) is 0 Å². The van der Waals surface area contributed by atoms with Crippen molar-refractivity contribution in [1.82, 2.24) is 0 Å². The number of nitrogens with zero attached hydrogens (tertiary/aromatic N) is 2. The molecule has 0 aromatic carbocycles. The zero-order valence-corrected chi connectivity index (χ0v) is 9.91. The van der Waals surface area contributed by atoms with Crippen molar-refractivity contribution in [2.75, 3.05) is 6.54 Å². The summed E-state index contributed by atoms with van der Waals surface area (Å²) in [4.78, 5) is 27.8. The molecule has 0 spiro atoms. The van der Waals surface area contributed by atoms with Crippen LogP contribution in [0.1, 0.15) is 33.6 Å². The molecule has 0 aromatic heterocycles. The van der Waals surface area contributed by atoms with Crippen molar-refractivity contribution in [3.63, 3.8) is 0 Å². The van der Waals surface area contributed by atoms with Gasteiger partial charge in [-0.05, 0) is 18.3 Å². The quantitative estimate of drug-likeness (QED) is 0.541. The zero-order chi connectivity index (χ0) is 12.2. The summed E-state index contributed by atoms with van der Waals surface area (Å²) in [7, 11) is 0. The fourth-order valence-electron chi connectivity index (χ4n) is 2.60. The van der Waals surface area contributed by atoms with Gasteiger partial charge in [-0.2, -0.15) is 4.99 Å². The molecule has 0 amide bonds. The molecule has 1 aliphatic carbocycles. The third-order valence-corrected chi connectivity index (χ3v) is 2.75. The van der Waals surface area contributed by atoms with Crippen LogP contribution in [0, 0.1) is 10.8 Å². The molecule has 4 heteroatoms. The van der Waals surface area contributed by atoms with Gasteiger partial charge in [0.05, 0.1) is 12.2 Å². The molecule has 0 fully saturated rings. The van der Waals surface area contributed by atoms with E-state index in [4.69, 9.17) is 0 Å². The molecule has 1 aliphatic rings. The Kier molecular flexibility index (Phi) is 3.58. The average Bonchev–Trinajstić information content (AvgIpc) is 2.12. The largest absolute Gasteiger partial charge is 0.240 e. The van der Waals surface area contributed by atoms with Gasteiger partial charge < -0.3 is 0 Å². The summed E-state index contributed by atoms with van der Waals surface area (Å²) in [6.45, 7) is 6.62. The second-order valence-electron chi connectivity index (χ2n) is 5.42. The Hall–Kier alpha value is -1.50. The first-order valence-electron chi connectivity index (χ1n) is 5.24. The second kappa shape index (κ2) is 4.56. The minimum absolute atomic E-state index is 0.0532. The molecule has 16 heavy (non-hydrogen) atoms. The van der Waals surface area contributed by atoms with Gasteiger partial charge >= 0.3 is 0 Å². The monoisotopic (exact) mass is 220 g/mol. The second-order valence-corrected chi connectivity index (χ2v) is 5.42. The maximum Gasteiger partial charge on any atom is 0.240 e. The van der Waals surface area contributed by atoms with Gasteiger partial charge in [-0.25, -0.2) is 14.6 Å². The van der Waals surface area contributed by atoms with Crippen molar-refractivity contribution in [2.24, 2.45) is 20.8 Å². The molecule has 0 saturated carbocycles. The van der Waals surface area contributed by atoms with E-state index >= 15 is 0 Å². The van der Waals surface area contributed by atoms with E-state index in [1.807, 2.05) is 13.0 Å². The minimum Gasteiger partial charge on any atom is -0.211 e. The highest BCUT2D eigenvalue weighted by Crippen LogP contribution is 2.45. The van der Waals surface area contributed by atoms with Crippen molar-refractivity contribution in [3.8, 4) is 0 Å². The number of isocyanates is 2. The third-order valence-electron chi connectivity index (χ3n) is 2.75. The number of rotatable bonds is 3. The number of hydrogen-bond acceptors (Lipinski definition) is 4. The van der Waals surface area contributed by atoms with Crippen LogP contribution in [0.5, 0.6) is 0 Å². The van der Waals surface area contributed by atoms with Crippen LogP contribution >= 0.6 is 0 Å². The van der Waals surface area contributed by atoms with Crippen molar-refractivity contribution >= 4 is 12.2 Å². The summed E-state index contributed by atoms with van der Waals surface area (Å²) in [6, 6.07) is 0. The maximum absolute atomic E-state index is 10.3. The Morgan fingerprint density at radius 2 is 2.00 bits per heavy atom. The van der Waals surface area contributed by atoms with E-state index in [1.165, 1.54) is 0 Å². The predicted octanol–water partition coefficient (Wildman–Crippen LogP) is 2.37. The summed E-state index contributed by atoms with van der Waals surface area (Å²) in [5.74, 6) is 0. The number of carbonyl (C=O) groups excluding carboxylic acids is 2. The van der Waals surface area contributed by atoms with Gasteiger partial charge in [0.15, 0.2) is 0 Å². The lowest BCUT2D eigenvalue weighted by Crippen LogP contribution is -2.31.